The molecule has 0 saturated carbocycles. The molecule has 4 aromatic rings. The van der Waals surface area contributed by atoms with E-state index in [1.165, 1.54) is 24.4 Å². The maximum atomic E-state index is 4.18. The molecule has 0 heterocycles. The number of nitrogens with zero attached hydrogens (tertiary/aromatic N) is 1. The Morgan fingerprint density at radius 1 is 0.567 bits per heavy atom. The maximum absolute atomic E-state index is 4.18. The van der Waals surface area contributed by atoms with Gasteiger partial charge in [-0.15, -0.1) is 0 Å². The van der Waals surface area contributed by atoms with Crippen molar-refractivity contribution in [3.05, 3.63) is 121 Å². The molecule has 0 aliphatic carbocycles. The molecule has 4 aromatic carbocycles. The average molecular weight is 453 g/mol. The SMILES string of the molecule is CN(C)Cc1ccccc1[NH][Ge]([c]1ccccc1)([c]1ccccc1)[c]1ccccc1. The molecule has 0 aliphatic rings. The Labute approximate surface area is 182 Å². The van der Waals surface area contributed by atoms with Crippen LogP contribution < -0.4 is 17.5 Å². The van der Waals surface area contributed by atoms with Crippen LogP contribution in [0.1, 0.15) is 5.56 Å². The molecular formula is C27H28GeN2. The van der Waals surface area contributed by atoms with Gasteiger partial charge in [0.25, 0.3) is 0 Å². The van der Waals surface area contributed by atoms with E-state index in [0.717, 1.165) is 6.54 Å². The number of hydrogen-bond donors (Lipinski definition) is 1. The Morgan fingerprint density at radius 3 is 1.40 bits per heavy atom. The van der Waals surface area contributed by atoms with Crippen molar-refractivity contribution >= 4 is 32.4 Å². The normalized spacial score (nSPS) is 11.4. The Morgan fingerprint density at radius 2 is 0.967 bits per heavy atom. The van der Waals surface area contributed by atoms with E-state index in [9.17, 15) is 0 Å². The van der Waals surface area contributed by atoms with Crippen molar-refractivity contribution in [2.75, 3.05) is 18.4 Å². The number of nitrogens with one attached hydrogen (secondary N) is 1. The van der Waals surface area contributed by atoms with Gasteiger partial charge >= 0.3 is 183 Å². The first-order chi connectivity index (χ1) is 14.7. The van der Waals surface area contributed by atoms with Crippen LogP contribution in [0, 0.1) is 0 Å². The summed E-state index contributed by atoms with van der Waals surface area (Å²) in [5.74, 6) is 0. The molecule has 0 aromatic heterocycles. The Bertz CT molecular complexity index is 967. The summed E-state index contributed by atoms with van der Waals surface area (Å²) in [5, 5.41) is 0. The van der Waals surface area contributed by atoms with Crippen LogP contribution in [0.2, 0.25) is 0 Å². The second kappa shape index (κ2) is 9.33. The number of hydrogen-bond acceptors (Lipinski definition) is 2. The minimum atomic E-state index is -3.22. The van der Waals surface area contributed by atoms with Gasteiger partial charge in [0.2, 0.25) is 0 Å². The Kier molecular flexibility index (Phi) is 6.36. The Hall–Kier alpha value is -2.82. The molecule has 0 spiro atoms. The number of benzene rings is 4. The quantitative estimate of drug-likeness (QED) is 0.429. The van der Waals surface area contributed by atoms with E-state index in [0.29, 0.717) is 0 Å². The van der Waals surface area contributed by atoms with Crippen LogP contribution in [0.25, 0.3) is 0 Å². The summed E-state index contributed by atoms with van der Waals surface area (Å²) in [5.41, 5.74) is 2.54. The van der Waals surface area contributed by atoms with Crippen molar-refractivity contribution < 1.29 is 0 Å². The summed E-state index contributed by atoms with van der Waals surface area (Å²) in [4.78, 5) is 2.22. The topological polar surface area (TPSA) is 15.3 Å². The van der Waals surface area contributed by atoms with Gasteiger partial charge in [0.1, 0.15) is 0 Å². The molecule has 30 heavy (non-hydrogen) atoms. The van der Waals surface area contributed by atoms with Crippen molar-refractivity contribution in [3.63, 3.8) is 0 Å². The van der Waals surface area contributed by atoms with Crippen LogP contribution in [0.5, 0.6) is 0 Å². The molecule has 1 N–H and O–H groups in total. The fourth-order valence-electron chi connectivity index (χ4n) is 4.10. The molecule has 0 bridgehead atoms. The number of anilines is 1. The third kappa shape index (κ3) is 4.20. The van der Waals surface area contributed by atoms with Crippen molar-refractivity contribution in [2.45, 2.75) is 6.54 Å². The summed E-state index contributed by atoms with van der Waals surface area (Å²) < 4.78 is 8.37. The minimum absolute atomic E-state index is 0.903. The van der Waals surface area contributed by atoms with E-state index < -0.39 is 13.5 Å². The molecule has 0 fully saturated rings. The number of rotatable bonds is 7. The first-order valence-electron chi connectivity index (χ1n) is 10.4. The summed E-state index contributed by atoms with van der Waals surface area (Å²) in [6, 6.07) is 41.8. The average Bonchev–Trinajstić information content (AvgIpc) is 2.80. The predicted octanol–water partition coefficient (Wildman–Crippen LogP) is 3.83. The van der Waals surface area contributed by atoms with Crippen molar-refractivity contribution in [2.24, 2.45) is 0 Å². The van der Waals surface area contributed by atoms with E-state index in [4.69, 9.17) is 0 Å². The van der Waals surface area contributed by atoms with Gasteiger partial charge in [0, 0.05) is 0 Å². The summed E-state index contributed by atoms with van der Waals surface area (Å²) >= 11 is -3.22. The molecule has 0 aliphatic heterocycles. The molecule has 0 amide bonds. The van der Waals surface area contributed by atoms with Crippen LogP contribution in [0.4, 0.5) is 5.69 Å². The van der Waals surface area contributed by atoms with Gasteiger partial charge < -0.3 is 0 Å². The predicted molar refractivity (Wildman–Crippen MR) is 131 cm³/mol. The summed E-state index contributed by atoms with van der Waals surface area (Å²) in [6.45, 7) is 0.903. The zero-order chi connectivity index (χ0) is 20.8. The van der Waals surface area contributed by atoms with E-state index in [1.54, 1.807) is 0 Å². The van der Waals surface area contributed by atoms with Gasteiger partial charge in [-0.3, -0.25) is 0 Å². The first-order valence-corrected chi connectivity index (χ1v) is 14.6. The van der Waals surface area contributed by atoms with E-state index in [2.05, 4.69) is 139 Å². The number of para-hydroxylation sites is 1. The van der Waals surface area contributed by atoms with E-state index in [-0.39, 0.29) is 0 Å². The van der Waals surface area contributed by atoms with Gasteiger partial charge in [-0.05, 0) is 0 Å². The van der Waals surface area contributed by atoms with Crippen LogP contribution >= 0.6 is 0 Å². The summed E-state index contributed by atoms with van der Waals surface area (Å²) in [7, 11) is 4.24. The monoisotopic (exact) mass is 454 g/mol. The van der Waals surface area contributed by atoms with Crippen molar-refractivity contribution in [1.29, 1.82) is 0 Å². The van der Waals surface area contributed by atoms with Gasteiger partial charge in [0.15, 0.2) is 0 Å². The molecule has 4 rings (SSSR count). The second-order valence-corrected chi connectivity index (χ2v) is 15.2. The fourth-order valence-corrected chi connectivity index (χ4v) is 12.8. The summed E-state index contributed by atoms with van der Waals surface area (Å²) in [6.07, 6.45) is 0. The Balaban J connectivity index is 1.97. The van der Waals surface area contributed by atoms with Crippen LogP contribution in [-0.4, -0.2) is 32.5 Å². The van der Waals surface area contributed by atoms with E-state index >= 15 is 0 Å². The first kappa shape index (κ1) is 20.5. The molecule has 150 valence electrons. The van der Waals surface area contributed by atoms with E-state index in [1.807, 2.05) is 0 Å². The molecule has 0 atom stereocenters. The third-order valence-corrected chi connectivity index (χ3v) is 14.3. The fraction of sp³-hybridized carbons (Fsp3) is 0.111. The molecule has 2 nitrogen and oxygen atoms in total. The molecule has 0 saturated heterocycles. The van der Waals surface area contributed by atoms with Gasteiger partial charge in [-0.25, -0.2) is 0 Å². The zero-order valence-corrected chi connectivity index (χ0v) is 19.7. The third-order valence-electron chi connectivity index (χ3n) is 5.45. The van der Waals surface area contributed by atoms with Crippen LogP contribution in [0.15, 0.2) is 115 Å². The van der Waals surface area contributed by atoms with Gasteiger partial charge in [-0.1, -0.05) is 0 Å². The van der Waals surface area contributed by atoms with Crippen molar-refractivity contribution in [3.8, 4) is 0 Å². The molecule has 3 heteroatoms. The zero-order valence-electron chi connectivity index (χ0n) is 17.6. The standard InChI is InChI=1S/C27H28GeN2/c1-30(2)22-23-14-12-13-21-27(23)29-28(24-15-6-3-7-16-24,25-17-8-4-9-18-25)26-19-10-5-11-20-26/h3-21,29H,22H2,1-2H3. The van der Waals surface area contributed by atoms with Gasteiger partial charge in [-0.2, -0.15) is 0 Å². The van der Waals surface area contributed by atoms with Crippen LogP contribution in [-0.2, 0) is 6.54 Å². The molecular weight excluding hydrogens is 425 g/mol. The van der Waals surface area contributed by atoms with Crippen molar-refractivity contribution in [1.82, 2.24) is 4.90 Å². The van der Waals surface area contributed by atoms with Crippen LogP contribution in [0.3, 0.4) is 0 Å². The molecule has 0 radical (unpaired) electrons. The molecule has 0 unspecified atom stereocenters. The second-order valence-electron chi connectivity index (χ2n) is 7.87. The van der Waals surface area contributed by atoms with Gasteiger partial charge in [0.05, 0.1) is 0 Å².